The molecule has 4 rings (SSSR count). The predicted molar refractivity (Wildman–Crippen MR) is 95.8 cm³/mol. The zero-order chi connectivity index (χ0) is 16.6. The van der Waals surface area contributed by atoms with Crippen LogP contribution in [0, 0.1) is 6.92 Å². The first kappa shape index (κ1) is 15.8. The molecule has 2 aliphatic rings. The van der Waals surface area contributed by atoms with Crippen molar-refractivity contribution >= 4 is 0 Å². The molecule has 2 heterocycles. The molecule has 1 spiro atoms. The second-order valence-corrected chi connectivity index (χ2v) is 7.13. The van der Waals surface area contributed by atoms with Crippen LogP contribution in [-0.2, 0) is 15.1 Å². The second-order valence-electron chi connectivity index (χ2n) is 7.13. The minimum atomic E-state index is -0.408. The zero-order valence-electron chi connectivity index (χ0n) is 14.5. The van der Waals surface area contributed by atoms with Gasteiger partial charge in [0.05, 0.1) is 6.61 Å². The summed E-state index contributed by atoms with van der Waals surface area (Å²) in [5.41, 5.74) is 4.65. The van der Waals surface area contributed by atoms with Gasteiger partial charge >= 0.3 is 0 Å². The maximum atomic E-state index is 6.57. The van der Waals surface area contributed by atoms with Crippen molar-refractivity contribution in [1.82, 2.24) is 5.32 Å². The van der Waals surface area contributed by atoms with Gasteiger partial charge in [-0.2, -0.15) is 0 Å². The van der Waals surface area contributed by atoms with Crippen molar-refractivity contribution in [3.8, 4) is 11.1 Å². The lowest BCUT2D eigenvalue weighted by Crippen LogP contribution is -2.44. The van der Waals surface area contributed by atoms with Crippen LogP contribution in [0.3, 0.4) is 0 Å². The number of hydrogen-bond acceptors (Lipinski definition) is 3. The summed E-state index contributed by atoms with van der Waals surface area (Å²) in [6, 6.07) is 17.1. The fourth-order valence-corrected chi connectivity index (χ4v) is 4.06. The molecule has 126 valence electrons. The van der Waals surface area contributed by atoms with E-state index in [0.717, 1.165) is 25.9 Å². The van der Waals surface area contributed by atoms with E-state index in [0.29, 0.717) is 6.61 Å². The Kier molecular flexibility index (Phi) is 3.95. The van der Waals surface area contributed by atoms with E-state index in [-0.39, 0.29) is 5.60 Å². The third-order valence-corrected chi connectivity index (χ3v) is 5.38. The second kappa shape index (κ2) is 5.99. The largest absolute Gasteiger partial charge is 0.346 e. The molecule has 0 radical (unpaired) electrons. The van der Waals surface area contributed by atoms with E-state index in [4.69, 9.17) is 9.47 Å². The van der Waals surface area contributed by atoms with Crippen LogP contribution >= 0.6 is 0 Å². The van der Waals surface area contributed by atoms with E-state index in [1.165, 1.54) is 22.3 Å². The number of hydrogen-bond donors (Lipinski definition) is 1. The number of piperidine rings is 1. The van der Waals surface area contributed by atoms with E-state index in [1.54, 1.807) is 0 Å². The van der Waals surface area contributed by atoms with Gasteiger partial charge in [-0.05, 0) is 36.1 Å². The molecule has 2 saturated heterocycles. The van der Waals surface area contributed by atoms with Gasteiger partial charge < -0.3 is 14.8 Å². The molecule has 1 N–H and O–H groups in total. The van der Waals surface area contributed by atoms with Gasteiger partial charge in [0.15, 0.2) is 5.79 Å². The average Bonchev–Trinajstić information content (AvgIpc) is 2.94. The first-order valence-electron chi connectivity index (χ1n) is 8.82. The molecule has 1 unspecified atom stereocenters. The summed E-state index contributed by atoms with van der Waals surface area (Å²) in [5.74, 6) is -0.408. The highest BCUT2D eigenvalue weighted by Gasteiger charge is 2.49. The minimum Gasteiger partial charge on any atom is -0.346 e. The van der Waals surface area contributed by atoms with E-state index in [1.807, 2.05) is 0 Å². The highest BCUT2D eigenvalue weighted by molar-refractivity contribution is 5.68. The Morgan fingerprint density at radius 1 is 0.958 bits per heavy atom. The Morgan fingerprint density at radius 3 is 2.46 bits per heavy atom. The van der Waals surface area contributed by atoms with Gasteiger partial charge in [0.2, 0.25) is 0 Å². The van der Waals surface area contributed by atoms with Crippen LogP contribution in [0.1, 0.15) is 30.9 Å². The average molecular weight is 323 g/mol. The molecule has 2 aliphatic heterocycles. The van der Waals surface area contributed by atoms with Crippen LogP contribution in [0.4, 0.5) is 0 Å². The van der Waals surface area contributed by atoms with Crippen LogP contribution in [0.15, 0.2) is 48.5 Å². The third-order valence-electron chi connectivity index (χ3n) is 5.38. The number of rotatable bonds is 2. The van der Waals surface area contributed by atoms with E-state index in [2.05, 4.69) is 67.7 Å². The maximum Gasteiger partial charge on any atom is 0.172 e. The summed E-state index contributed by atoms with van der Waals surface area (Å²) >= 11 is 0. The van der Waals surface area contributed by atoms with Crippen LogP contribution in [-0.4, -0.2) is 25.5 Å². The van der Waals surface area contributed by atoms with Crippen molar-refractivity contribution in [2.45, 2.75) is 38.1 Å². The van der Waals surface area contributed by atoms with Gasteiger partial charge in [0.1, 0.15) is 5.60 Å². The van der Waals surface area contributed by atoms with Gasteiger partial charge in [-0.15, -0.1) is 0 Å². The standard InChI is InChI=1S/C21H25NO2/c1-16-18(17-7-4-3-5-8-17)9-6-10-19(16)20(2)15-23-21(24-20)11-13-22-14-12-21/h3-10,22H,11-15H2,1-2H3. The summed E-state index contributed by atoms with van der Waals surface area (Å²) in [6.07, 6.45) is 1.83. The zero-order valence-corrected chi connectivity index (χ0v) is 14.5. The molecule has 2 aromatic rings. The van der Waals surface area contributed by atoms with Crippen molar-refractivity contribution in [3.05, 3.63) is 59.7 Å². The van der Waals surface area contributed by atoms with Crippen molar-refractivity contribution in [3.63, 3.8) is 0 Å². The lowest BCUT2D eigenvalue weighted by molar-refractivity contribution is -0.200. The summed E-state index contributed by atoms with van der Waals surface area (Å²) < 4.78 is 12.8. The van der Waals surface area contributed by atoms with Gasteiger partial charge in [-0.25, -0.2) is 0 Å². The quantitative estimate of drug-likeness (QED) is 0.906. The Morgan fingerprint density at radius 2 is 1.71 bits per heavy atom. The molecule has 3 nitrogen and oxygen atoms in total. The fourth-order valence-electron chi connectivity index (χ4n) is 4.06. The monoisotopic (exact) mass is 323 g/mol. The minimum absolute atomic E-state index is 0.383. The Hall–Kier alpha value is -1.68. The lowest BCUT2D eigenvalue weighted by Gasteiger charge is -2.35. The van der Waals surface area contributed by atoms with Gasteiger partial charge in [0, 0.05) is 25.9 Å². The molecular weight excluding hydrogens is 298 g/mol. The first-order valence-corrected chi connectivity index (χ1v) is 8.82. The van der Waals surface area contributed by atoms with Crippen LogP contribution in [0.2, 0.25) is 0 Å². The molecule has 0 aromatic heterocycles. The first-order chi connectivity index (χ1) is 11.6. The number of ether oxygens (including phenoxy) is 2. The van der Waals surface area contributed by atoms with Crippen LogP contribution in [0.25, 0.3) is 11.1 Å². The number of benzene rings is 2. The van der Waals surface area contributed by atoms with Crippen molar-refractivity contribution < 1.29 is 9.47 Å². The highest BCUT2D eigenvalue weighted by Crippen LogP contribution is 2.44. The summed E-state index contributed by atoms with van der Waals surface area (Å²) in [6.45, 7) is 6.89. The molecule has 3 heteroatoms. The van der Waals surface area contributed by atoms with Gasteiger partial charge in [0.25, 0.3) is 0 Å². The van der Waals surface area contributed by atoms with E-state index in [9.17, 15) is 0 Å². The fraction of sp³-hybridized carbons (Fsp3) is 0.429. The predicted octanol–water partition coefficient (Wildman–Crippen LogP) is 4.00. The molecule has 0 aliphatic carbocycles. The van der Waals surface area contributed by atoms with Crippen LogP contribution < -0.4 is 5.32 Å². The van der Waals surface area contributed by atoms with Crippen molar-refractivity contribution in [2.24, 2.45) is 0 Å². The molecule has 2 fully saturated rings. The van der Waals surface area contributed by atoms with Gasteiger partial charge in [-0.1, -0.05) is 48.5 Å². The van der Waals surface area contributed by atoms with E-state index < -0.39 is 5.79 Å². The SMILES string of the molecule is Cc1c(-c2ccccc2)cccc1C1(C)COC2(CCNCC2)O1. The Balaban J connectivity index is 1.70. The molecule has 1 atom stereocenters. The third kappa shape index (κ3) is 2.67. The maximum absolute atomic E-state index is 6.57. The van der Waals surface area contributed by atoms with Crippen molar-refractivity contribution in [2.75, 3.05) is 19.7 Å². The highest BCUT2D eigenvalue weighted by atomic mass is 16.8. The molecule has 24 heavy (non-hydrogen) atoms. The summed E-state index contributed by atoms with van der Waals surface area (Å²) in [4.78, 5) is 0. The lowest BCUT2D eigenvalue weighted by atomic mass is 9.88. The summed E-state index contributed by atoms with van der Waals surface area (Å²) in [5, 5.41) is 3.39. The van der Waals surface area contributed by atoms with Crippen LogP contribution in [0.5, 0.6) is 0 Å². The van der Waals surface area contributed by atoms with E-state index >= 15 is 0 Å². The molecule has 0 saturated carbocycles. The molecule has 0 bridgehead atoms. The Labute approximate surface area is 144 Å². The van der Waals surface area contributed by atoms with Crippen molar-refractivity contribution in [1.29, 1.82) is 0 Å². The smallest absolute Gasteiger partial charge is 0.172 e. The topological polar surface area (TPSA) is 30.5 Å². The Bertz CT molecular complexity index is 722. The molecular formula is C21H25NO2. The molecule has 0 amide bonds. The van der Waals surface area contributed by atoms with Gasteiger partial charge in [-0.3, -0.25) is 0 Å². The number of nitrogens with one attached hydrogen (secondary N) is 1. The molecule has 2 aromatic carbocycles. The normalized spacial score (nSPS) is 25.9. The summed E-state index contributed by atoms with van der Waals surface area (Å²) in [7, 11) is 0.